The summed E-state index contributed by atoms with van der Waals surface area (Å²) in [5, 5.41) is 4.00. The summed E-state index contributed by atoms with van der Waals surface area (Å²) in [5.41, 5.74) is 1.24. The van der Waals surface area contributed by atoms with E-state index in [1.54, 1.807) is 0 Å². The number of nitrogens with one attached hydrogen (secondary N) is 1. The summed E-state index contributed by atoms with van der Waals surface area (Å²) in [6.07, 6.45) is 0. The first-order chi connectivity index (χ1) is 6.47. The van der Waals surface area contributed by atoms with Gasteiger partial charge in [0.05, 0.1) is 0 Å². The van der Waals surface area contributed by atoms with Gasteiger partial charge in [0.1, 0.15) is 0 Å². The van der Waals surface area contributed by atoms with Crippen molar-refractivity contribution in [3.63, 3.8) is 0 Å². The molecule has 0 fully saturated rings. The fourth-order valence-corrected chi connectivity index (χ4v) is 2.50. The van der Waals surface area contributed by atoms with Gasteiger partial charge in [-0.25, -0.2) is 0 Å². The second-order valence-corrected chi connectivity index (χ2v) is 5.36. The summed E-state index contributed by atoms with van der Waals surface area (Å²) in [6.45, 7) is 5.27. The van der Waals surface area contributed by atoms with Crippen LogP contribution in [0.4, 0.5) is 0 Å². The lowest BCUT2D eigenvalue weighted by atomic mass is 9.84. The van der Waals surface area contributed by atoms with E-state index in [0.717, 1.165) is 16.0 Å². The van der Waals surface area contributed by atoms with Gasteiger partial charge in [-0.15, -0.1) is 0 Å². The van der Waals surface area contributed by atoms with Crippen molar-refractivity contribution in [1.29, 1.82) is 0 Å². The highest BCUT2D eigenvalue weighted by Gasteiger charge is 2.22. The van der Waals surface area contributed by atoms with Crippen molar-refractivity contribution < 1.29 is 0 Å². The first kappa shape index (κ1) is 12.0. The molecule has 3 heteroatoms. The molecule has 0 amide bonds. The quantitative estimate of drug-likeness (QED) is 0.889. The van der Waals surface area contributed by atoms with Gasteiger partial charge in [0.2, 0.25) is 0 Å². The third-order valence-electron chi connectivity index (χ3n) is 2.28. The monoisotopic (exact) mass is 275 g/mol. The molecule has 1 aromatic carbocycles. The standard InChI is InChI=1S/C11H15BrClN/c1-11(2,7-14-3)9-5-4-8(12)6-10(9)13/h4-6,14H,7H2,1-3H3. The Morgan fingerprint density at radius 1 is 1.43 bits per heavy atom. The normalized spacial score (nSPS) is 11.8. The first-order valence-electron chi connectivity index (χ1n) is 4.57. The second kappa shape index (κ2) is 4.65. The van der Waals surface area contributed by atoms with Crippen molar-refractivity contribution in [3.8, 4) is 0 Å². The predicted octanol–water partition coefficient (Wildman–Crippen LogP) is 3.60. The minimum atomic E-state index is 0.0620. The highest BCUT2D eigenvalue weighted by molar-refractivity contribution is 9.10. The molecule has 1 rings (SSSR count). The number of hydrogen-bond acceptors (Lipinski definition) is 1. The SMILES string of the molecule is CNCC(C)(C)c1ccc(Br)cc1Cl. The number of halogens is 2. The van der Waals surface area contributed by atoms with Crippen LogP contribution in [0.3, 0.4) is 0 Å². The van der Waals surface area contributed by atoms with Crippen molar-refractivity contribution >= 4 is 27.5 Å². The molecule has 1 nitrogen and oxygen atoms in total. The van der Waals surface area contributed by atoms with Crippen LogP contribution in [0, 0.1) is 0 Å². The van der Waals surface area contributed by atoms with Crippen molar-refractivity contribution in [2.45, 2.75) is 19.3 Å². The molecule has 0 unspecified atom stereocenters. The first-order valence-corrected chi connectivity index (χ1v) is 5.74. The van der Waals surface area contributed by atoms with Gasteiger partial charge >= 0.3 is 0 Å². The van der Waals surface area contributed by atoms with Crippen LogP contribution in [0.1, 0.15) is 19.4 Å². The average molecular weight is 277 g/mol. The van der Waals surface area contributed by atoms with Crippen LogP contribution in [0.2, 0.25) is 5.02 Å². The van der Waals surface area contributed by atoms with Crippen LogP contribution in [0.15, 0.2) is 22.7 Å². The van der Waals surface area contributed by atoms with E-state index in [1.807, 2.05) is 19.2 Å². The molecule has 78 valence electrons. The van der Waals surface area contributed by atoms with Gasteiger partial charge in [-0.1, -0.05) is 47.4 Å². The Kier molecular flexibility index (Phi) is 3.99. The average Bonchev–Trinajstić information content (AvgIpc) is 2.02. The Morgan fingerprint density at radius 3 is 2.57 bits per heavy atom. The Labute approximate surface area is 99.0 Å². The molecular weight excluding hydrogens is 261 g/mol. The molecule has 0 atom stereocenters. The molecule has 0 spiro atoms. The number of hydrogen-bond donors (Lipinski definition) is 1. The lowest BCUT2D eigenvalue weighted by Crippen LogP contribution is -2.30. The van der Waals surface area contributed by atoms with Crippen molar-refractivity contribution in [2.24, 2.45) is 0 Å². The Balaban J connectivity index is 3.06. The molecule has 0 aliphatic rings. The van der Waals surface area contributed by atoms with Crippen molar-refractivity contribution in [2.75, 3.05) is 13.6 Å². The number of rotatable bonds is 3. The van der Waals surface area contributed by atoms with Gasteiger partial charge in [0.15, 0.2) is 0 Å². The largest absolute Gasteiger partial charge is 0.319 e. The molecule has 0 radical (unpaired) electrons. The summed E-state index contributed by atoms with van der Waals surface area (Å²) in [4.78, 5) is 0. The lowest BCUT2D eigenvalue weighted by molar-refractivity contribution is 0.494. The van der Waals surface area contributed by atoms with Crippen molar-refractivity contribution in [3.05, 3.63) is 33.3 Å². The third-order valence-corrected chi connectivity index (χ3v) is 3.08. The fraction of sp³-hybridized carbons (Fsp3) is 0.455. The molecule has 0 heterocycles. The molecular formula is C11H15BrClN. The fourth-order valence-electron chi connectivity index (χ4n) is 1.58. The van der Waals surface area contributed by atoms with Crippen LogP contribution < -0.4 is 5.32 Å². The summed E-state index contributed by atoms with van der Waals surface area (Å²) in [5.74, 6) is 0. The third kappa shape index (κ3) is 2.72. The van der Waals surface area contributed by atoms with E-state index >= 15 is 0 Å². The second-order valence-electron chi connectivity index (χ2n) is 4.04. The summed E-state index contributed by atoms with van der Waals surface area (Å²) in [7, 11) is 1.95. The zero-order valence-corrected chi connectivity index (χ0v) is 11.0. The zero-order chi connectivity index (χ0) is 10.8. The molecule has 0 aliphatic carbocycles. The van der Waals surface area contributed by atoms with Gasteiger partial charge < -0.3 is 5.32 Å². The summed E-state index contributed by atoms with van der Waals surface area (Å²) in [6, 6.07) is 6.04. The van der Waals surface area contributed by atoms with Gasteiger partial charge in [-0.3, -0.25) is 0 Å². The van der Waals surface area contributed by atoms with E-state index < -0.39 is 0 Å². The summed E-state index contributed by atoms with van der Waals surface area (Å²) < 4.78 is 1.02. The van der Waals surface area contributed by atoms with Crippen LogP contribution in [-0.2, 0) is 5.41 Å². The van der Waals surface area contributed by atoms with Crippen molar-refractivity contribution in [1.82, 2.24) is 5.32 Å². The Bertz CT molecular complexity index is 323. The van der Waals surface area contributed by atoms with Crippen LogP contribution in [0.5, 0.6) is 0 Å². The molecule has 1 aromatic rings. The minimum absolute atomic E-state index is 0.0620. The van der Waals surface area contributed by atoms with E-state index in [0.29, 0.717) is 0 Å². The van der Waals surface area contributed by atoms with Gasteiger partial charge in [-0.05, 0) is 24.7 Å². The molecule has 0 saturated carbocycles. The van der Waals surface area contributed by atoms with E-state index in [4.69, 9.17) is 11.6 Å². The smallest absolute Gasteiger partial charge is 0.0455 e. The van der Waals surface area contributed by atoms with E-state index in [1.165, 1.54) is 5.56 Å². The van der Waals surface area contributed by atoms with E-state index in [2.05, 4.69) is 41.2 Å². The van der Waals surface area contributed by atoms with E-state index in [9.17, 15) is 0 Å². The highest BCUT2D eigenvalue weighted by Crippen LogP contribution is 2.31. The highest BCUT2D eigenvalue weighted by atomic mass is 79.9. The van der Waals surface area contributed by atoms with Crippen LogP contribution >= 0.6 is 27.5 Å². The minimum Gasteiger partial charge on any atom is -0.319 e. The molecule has 14 heavy (non-hydrogen) atoms. The number of benzene rings is 1. The van der Waals surface area contributed by atoms with Gasteiger partial charge in [-0.2, -0.15) is 0 Å². The van der Waals surface area contributed by atoms with Gasteiger partial charge in [0.25, 0.3) is 0 Å². The zero-order valence-electron chi connectivity index (χ0n) is 8.70. The Hall–Kier alpha value is -0.0500. The maximum Gasteiger partial charge on any atom is 0.0455 e. The maximum atomic E-state index is 6.19. The molecule has 0 saturated heterocycles. The van der Waals surface area contributed by atoms with E-state index in [-0.39, 0.29) is 5.41 Å². The van der Waals surface area contributed by atoms with Gasteiger partial charge in [0, 0.05) is 21.5 Å². The number of likely N-dealkylation sites (N-methyl/N-ethyl adjacent to an activating group) is 1. The van der Waals surface area contributed by atoms with Crippen LogP contribution in [-0.4, -0.2) is 13.6 Å². The topological polar surface area (TPSA) is 12.0 Å². The molecule has 1 N–H and O–H groups in total. The predicted molar refractivity (Wildman–Crippen MR) is 66.1 cm³/mol. The Morgan fingerprint density at radius 2 is 2.07 bits per heavy atom. The molecule has 0 bridgehead atoms. The molecule has 0 aliphatic heterocycles. The molecule has 0 aromatic heterocycles. The summed E-state index contributed by atoms with van der Waals surface area (Å²) >= 11 is 9.59. The van der Waals surface area contributed by atoms with Crippen LogP contribution in [0.25, 0.3) is 0 Å². The lowest BCUT2D eigenvalue weighted by Gasteiger charge is -2.26. The maximum absolute atomic E-state index is 6.19.